The lowest BCUT2D eigenvalue weighted by Gasteiger charge is -2.35. The van der Waals surface area contributed by atoms with Gasteiger partial charge < -0.3 is 20.7 Å². The molecule has 0 radical (unpaired) electrons. The van der Waals surface area contributed by atoms with Crippen molar-refractivity contribution in [2.45, 2.75) is 19.4 Å². The van der Waals surface area contributed by atoms with Gasteiger partial charge in [-0.2, -0.15) is 4.39 Å². The third kappa shape index (κ3) is 3.91. The van der Waals surface area contributed by atoms with E-state index in [2.05, 4.69) is 15.2 Å². The summed E-state index contributed by atoms with van der Waals surface area (Å²) in [6.45, 7) is 4.39. The zero-order valence-corrected chi connectivity index (χ0v) is 18.2. The number of amides is 1. The number of anilines is 2. The molecule has 2 aromatic carbocycles. The molecule has 170 valence electrons. The third-order valence-corrected chi connectivity index (χ3v) is 6.29. The quantitative estimate of drug-likeness (QED) is 0.594. The Labute approximate surface area is 190 Å². The van der Waals surface area contributed by atoms with Gasteiger partial charge in [-0.1, -0.05) is 12.1 Å². The van der Waals surface area contributed by atoms with Gasteiger partial charge in [0.2, 0.25) is 5.95 Å². The van der Waals surface area contributed by atoms with E-state index in [-0.39, 0.29) is 28.9 Å². The minimum atomic E-state index is -0.833. The summed E-state index contributed by atoms with van der Waals surface area (Å²) in [5.41, 5.74) is 9.60. The number of halogens is 2. The van der Waals surface area contributed by atoms with Crippen LogP contribution in [0.3, 0.4) is 0 Å². The molecule has 5 rings (SSSR count). The fourth-order valence-electron chi connectivity index (χ4n) is 4.53. The second-order valence-corrected chi connectivity index (χ2v) is 8.42. The number of ether oxygens (including phenoxy) is 1. The van der Waals surface area contributed by atoms with Crippen LogP contribution in [0.4, 0.5) is 20.3 Å². The van der Waals surface area contributed by atoms with Crippen LogP contribution >= 0.6 is 0 Å². The number of carbonyl (C=O) groups is 1. The molecular formula is C25H24F2N4O2. The van der Waals surface area contributed by atoms with Crippen LogP contribution in [0.1, 0.15) is 22.8 Å². The summed E-state index contributed by atoms with van der Waals surface area (Å²) in [6, 6.07) is 11.8. The molecule has 0 spiro atoms. The molecule has 0 bridgehead atoms. The highest BCUT2D eigenvalue weighted by atomic mass is 19.1. The Bertz CT molecular complexity index is 1250. The highest BCUT2D eigenvalue weighted by Gasteiger charge is 2.23. The lowest BCUT2D eigenvalue weighted by Crippen LogP contribution is -2.43. The Morgan fingerprint density at radius 3 is 2.70 bits per heavy atom. The molecule has 1 amide bonds. The van der Waals surface area contributed by atoms with Crippen LogP contribution < -0.4 is 16.0 Å². The minimum Gasteiger partial charge on any atom is -0.383 e. The first-order chi connectivity index (χ1) is 15.9. The maximum absolute atomic E-state index is 15.2. The van der Waals surface area contributed by atoms with Gasteiger partial charge in [0.05, 0.1) is 13.2 Å². The number of aromatic nitrogens is 1. The summed E-state index contributed by atoms with van der Waals surface area (Å²) in [6.07, 6.45) is 0.687. The van der Waals surface area contributed by atoms with Crippen LogP contribution in [0.25, 0.3) is 22.3 Å². The van der Waals surface area contributed by atoms with Gasteiger partial charge in [-0.05, 0) is 54.8 Å². The van der Waals surface area contributed by atoms with E-state index in [1.54, 1.807) is 24.3 Å². The van der Waals surface area contributed by atoms with E-state index in [1.807, 2.05) is 13.0 Å². The van der Waals surface area contributed by atoms with Crippen molar-refractivity contribution in [1.82, 2.24) is 10.3 Å². The van der Waals surface area contributed by atoms with Crippen LogP contribution in [0.5, 0.6) is 0 Å². The van der Waals surface area contributed by atoms with Crippen molar-refractivity contribution in [3.8, 4) is 22.3 Å². The molecular weight excluding hydrogens is 426 g/mol. The normalized spacial score (nSPS) is 18.1. The number of pyridine rings is 1. The number of morpholine rings is 1. The van der Waals surface area contributed by atoms with E-state index in [0.29, 0.717) is 49.4 Å². The molecule has 1 fully saturated rings. The lowest BCUT2D eigenvalue weighted by atomic mass is 9.94. The van der Waals surface area contributed by atoms with E-state index in [0.717, 1.165) is 11.3 Å². The van der Waals surface area contributed by atoms with E-state index < -0.39 is 11.8 Å². The Morgan fingerprint density at radius 1 is 1.09 bits per heavy atom. The molecule has 0 unspecified atom stereocenters. The van der Waals surface area contributed by atoms with Gasteiger partial charge in [0, 0.05) is 47.1 Å². The summed E-state index contributed by atoms with van der Waals surface area (Å²) < 4.78 is 35.4. The average molecular weight is 450 g/mol. The number of fused-ring (bicyclic) bond motifs is 1. The molecule has 3 heterocycles. The predicted molar refractivity (Wildman–Crippen MR) is 123 cm³/mol. The number of carbonyl (C=O) groups excluding carboxylic acids is 1. The van der Waals surface area contributed by atoms with E-state index >= 15 is 4.39 Å². The first kappa shape index (κ1) is 21.3. The molecule has 8 heteroatoms. The van der Waals surface area contributed by atoms with Gasteiger partial charge in [0.1, 0.15) is 11.6 Å². The molecule has 2 aliphatic heterocycles. The lowest BCUT2D eigenvalue weighted by molar-refractivity contribution is 0.0946. The number of nitrogens with two attached hydrogens (primary N) is 1. The summed E-state index contributed by atoms with van der Waals surface area (Å²) in [5, 5.41) is 2.81. The van der Waals surface area contributed by atoms with Gasteiger partial charge in [-0.15, -0.1) is 0 Å². The molecule has 0 saturated carbocycles. The number of benzene rings is 2. The molecule has 3 aromatic rings. The third-order valence-electron chi connectivity index (χ3n) is 6.29. The molecule has 0 aliphatic carbocycles. The van der Waals surface area contributed by atoms with Crippen LogP contribution in [-0.4, -0.2) is 43.2 Å². The van der Waals surface area contributed by atoms with Crippen molar-refractivity contribution in [3.63, 3.8) is 0 Å². The number of rotatable bonds is 3. The smallest absolute Gasteiger partial charge is 0.251 e. The summed E-state index contributed by atoms with van der Waals surface area (Å²) in [4.78, 5) is 18.0. The second-order valence-electron chi connectivity index (χ2n) is 8.42. The van der Waals surface area contributed by atoms with Gasteiger partial charge in [0.15, 0.2) is 0 Å². The number of nitrogens with zero attached hydrogens (tertiary/aromatic N) is 2. The Balaban J connectivity index is 1.54. The highest BCUT2D eigenvalue weighted by Crippen LogP contribution is 2.35. The second kappa shape index (κ2) is 8.44. The van der Waals surface area contributed by atoms with E-state index in [1.165, 1.54) is 12.1 Å². The van der Waals surface area contributed by atoms with Crippen molar-refractivity contribution in [2.75, 3.05) is 36.9 Å². The summed E-state index contributed by atoms with van der Waals surface area (Å²) in [7, 11) is 0. The molecule has 6 nitrogen and oxygen atoms in total. The van der Waals surface area contributed by atoms with Crippen molar-refractivity contribution >= 4 is 17.4 Å². The largest absolute Gasteiger partial charge is 0.383 e. The Kier molecular flexibility index (Phi) is 5.46. The fourth-order valence-corrected chi connectivity index (χ4v) is 4.53. The Hall–Kier alpha value is -3.52. The van der Waals surface area contributed by atoms with E-state index in [4.69, 9.17) is 10.5 Å². The van der Waals surface area contributed by atoms with Gasteiger partial charge >= 0.3 is 0 Å². The summed E-state index contributed by atoms with van der Waals surface area (Å²) in [5.74, 6) is -1.48. The number of nitrogens with one attached hydrogen (secondary N) is 1. The van der Waals surface area contributed by atoms with Crippen LogP contribution in [0.2, 0.25) is 0 Å². The van der Waals surface area contributed by atoms with Crippen LogP contribution in [0, 0.1) is 11.8 Å². The number of hydrogen-bond donors (Lipinski definition) is 2. The molecule has 3 N–H and O–H groups in total. The maximum Gasteiger partial charge on any atom is 0.251 e. The van der Waals surface area contributed by atoms with Crippen molar-refractivity contribution < 1.29 is 18.3 Å². The number of nitrogen functional groups attached to an aromatic ring is 1. The molecule has 1 atom stereocenters. The Morgan fingerprint density at radius 2 is 1.91 bits per heavy atom. The first-order valence-corrected chi connectivity index (χ1v) is 10.9. The summed E-state index contributed by atoms with van der Waals surface area (Å²) >= 11 is 0. The zero-order chi connectivity index (χ0) is 23.1. The molecule has 2 aliphatic rings. The van der Waals surface area contributed by atoms with Gasteiger partial charge in [-0.3, -0.25) is 4.79 Å². The van der Waals surface area contributed by atoms with Gasteiger partial charge in [0.25, 0.3) is 5.91 Å². The van der Waals surface area contributed by atoms with Crippen molar-refractivity contribution in [2.24, 2.45) is 0 Å². The molecule has 1 aromatic heterocycles. The zero-order valence-electron chi connectivity index (χ0n) is 18.2. The molecule has 1 saturated heterocycles. The minimum absolute atomic E-state index is 0.00984. The topological polar surface area (TPSA) is 80.5 Å². The van der Waals surface area contributed by atoms with Crippen LogP contribution in [-0.2, 0) is 11.2 Å². The van der Waals surface area contributed by atoms with E-state index in [9.17, 15) is 9.18 Å². The van der Waals surface area contributed by atoms with Gasteiger partial charge in [-0.25, -0.2) is 9.37 Å². The molecule has 33 heavy (non-hydrogen) atoms. The SMILES string of the molecule is C[C@@H]1COCCN1c1ccc(-c2cc(-c3ccc4c(c3)CCNC4=O)c(N)nc2F)c(F)c1. The van der Waals surface area contributed by atoms with Crippen LogP contribution in [0.15, 0.2) is 42.5 Å². The average Bonchev–Trinajstić information content (AvgIpc) is 2.80. The van der Waals surface area contributed by atoms with Crippen molar-refractivity contribution in [1.29, 1.82) is 0 Å². The van der Waals surface area contributed by atoms with Crippen molar-refractivity contribution in [3.05, 3.63) is 65.4 Å². The monoisotopic (exact) mass is 450 g/mol. The predicted octanol–water partition coefficient (Wildman–Crippen LogP) is 3.79. The standard InChI is InChI=1S/C25H24F2N4O2/c1-14-13-33-9-8-31(14)17-3-5-19(22(26)11-17)21-12-20(24(28)30-23(21)27)15-2-4-18-16(10-15)6-7-29-25(18)32/h2-5,10-12,14H,6-9,13H2,1H3,(H2,28,30)(H,29,32)/t14-/m1/s1. The first-order valence-electron chi connectivity index (χ1n) is 10.9. The maximum atomic E-state index is 15.2. The fraction of sp³-hybridized carbons (Fsp3) is 0.280. The number of hydrogen-bond acceptors (Lipinski definition) is 5. The highest BCUT2D eigenvalue weighted by molar-refractivity contribution is 5.97.